The van der Waals surface area contributed by atoms with Crippen LogP contribution in [0, 0.1) is 0 Å². The number of benzene rings is 3. The van der Waals surface area contributed by atoms with Gasteiger partial charge in [0.05, 0.1) is 25.3 Å². The molecule has 7 heteroatoms. The average Bonchev–Trinajstić information content (AvgIpc) is 2.97. The van der Waals surface area contributed by atoms with Gasteiger partial charge in [-0.15, -0.1) is 0 Å². The molecule has 0 aliphatic carbocycles. The van der Waals surface area contributed by atoms with Gasteiger partial charge < -0.3 is 20.1 Å². The molecular formula is C32H38N4O3. The molecule has 0 fully saturated rings. The van der Waals surface area contributed by atoms with E-state index in [4.69, 9.17) is 14.5 Å². The molecule has 4 rings (SSSR count). The Kier molecular flexibility index (Phi) is 10.1. The Labute approximate surface area is 231 Å². The summed E-state index contributed by atoms with van der Waals surface area (Å²) < 4.78 is 10.8. The molecule has 4 aromatic rings. The number of aromatic nitrogens is 1. The third-order valence-corrected chi connectivity index (χ3v) is 6.63. The van der Waals surface area contributed by atoms with Crippen LogP contribution in [0.1, 0.15) is 42.1 Å². The van der Waals surface area contributed by atoms with E-state index in [1.807, 2.05) is 48.5 Å². The highest BCUT2D eigenvalue weighted by Gasteiger charge is 2.14. The van der Waals surface area contributed by atoms with Gasteiger partial charge in [0.25, 0.3) is 5.91 Å². The first-order chi connectivity index (χ1) is 19.1. The number of para-hydroxylation sites is 1. The van der Waals surface area contributed by atoms with Crippen molar-refractivity contribution in [3.8, 4) is 11.5 Å². The van der Waals surface area contributed by atoms with Gasteiger partial charge in [-0.2, -0.15) is 0 Å². The van der Waals surface area contributed by atoms with Gasteiger partial charge >= 0.3 is 0 Å². The first-order valence-corrected chi connectivity index (χ1v) is 13.5. The molecule has 0 spiro atoms. The van der Waals surface area contributed by atoms with Gasteiger partial charge in [-0.3, -0.25) is 9.69 Å². The second-order valence-corrected chi connectivity index (χ2v) is 9.49. The van der Waals surface area contributed by atoms with E-state index in [0.717, 1.165) is 55.5 Å². The van der Waals surface area contributed by atoms with E-state index in [-0.39, 0.29) is 5.91 Å². The van der Waals surface area contributed by atoms with E-state index in [1.54, 1.807) is 20.3 Å². The van der Waals surface area contributed by atoms with Crippen molar-refractivity contribution in [2.24, 2.45) is 0 Å². The molecule has 1 aromatic heterocycles. The summed E-state index contributed by atoms with van der Waals surface area (Å²) in [5.41, 5.74) is 3.44. The first kappa shape index (κ1) is 27.9. The lowest BCUT2D eigenvalue weighted by Crippen LogP contribution is -2.30. The van der Waals surface area contributed by atoms with E-state index in [0.29, 0.717) is 29.4 Å². The molecule has 1 heterocycles. The molecule has 0 bridgehead atoms. The number of carbonyl (C=O) groups is 1. The number of fused-ring (bicyclic) bond motifs is 1. The molecule has 0 saturated heterocycles. The molecule has 0 aliphatic rings. The third-order valence-electron chi connectivity index (χ3n) is 6.63. The Hall–Kier alpha value is -4.10. The second kappa shape index (κ2) is 14.2. The van der Waals surface area contributed by atoms with Gasteiger partial charge in [0.15, 0.2) is 11.5 Å². The molecule has 0 unspecified atom stereocenters. The number of carbonyl (C=O) groups excluding carboxylic acids is 1. The van der Waals surface area contributed by atoms with Crippen LogP contribution in [-0.4, -0.2) is 49.6 Å². The van der Waals surface area contributed by atoms with Crippen LogP contribution in [0.15, 0.2) is 78.9 Å². The monoisotopic (exact) mass is 526 g/mol. The van der Waals surface area contributed by atoms with Crippen molar-refractivity contribution in [3.63, 3.8) is 0 Å². The van der Waals surface area contributed by atoms with E-state index < -0.39 is 0 Å². The number of pyridine rings is 1. The minimum Gasteiger partial charge on any atom is -0.493 e. The summed E-state index contributed by atoms with van der Waals surface area (Å²) >= 11 is 0. The molecule has 0 atom stereocenters. The molecule has 0 saturated carbocycles. The smallest absolute Gasteiger partial charge is 0.252 e. The third kappa shape index (κ3) is 7.71. The summed E-state index contributed by atoms with van der Waals surface area (Å²) in [7, 11) is 3.20. The van der Waals surface area contributed by atoms with Crippen molar-refractivity contribution in [1.82, 2.24) is 15.2 Å². The molecule has 0 aliphatic heterocycles. The van der Waals surface area contributed by atoms with Crippen molar-refractivity contribution >= 4 is 28.3 Å². The Bertz CT molecular complexity index is 1360. The van der Waals surface area contributed by atoms with Gasteiger partial charge in [-0.25, -0.2) is 4.98 Å². The van der Waals surface area contributed by atoms with Crippen LogP contribution in [0.5, 0.6) is 11.5 Å². The van der Waals surface area contributed by atoms with Crippen LogP contribution < -0.4 is 20.1 Å². The number of nitrogens with zero attached hydrogens (tertiary/aromatic N) is 2. The Morgan fingerprint density at radius 3 is 2.38 bits per heavy atom. The van der Waals surface area contributed by atoms with Gasteiger partial charge in [-0.05, 0) is 49.2 Å². The predicted octanol–water partition coefficient (Wildman–Crippen LogP) is 6.42. The molecular weight excluding hydrogens is 488 g/mol. The van der Waals surface area contributed by atoms with Crippen molar-refractivity contribution in [2.75, 3.05) is 39.2 Å². The number of rotatable bonds is 14. The molecule has 1 amide bonds. The lowest BCUT2D eigenvalue weighted by molar-refractivity contribution is 0.0953. The Balaban J connectivity index is 1.43. The topological polar surface area (TPSA) is 75.7 Å². The number of anilines is 2. The first-order valence-electron chi connectivity index (χ1n) is 13.5. The van der Waals surface area contributed by atoms with Crippen LogP contribution in [0.2, 0.25) is 0 Å². The van der Waals surface area contributed by atoms with Gasteiger partial charge in [-0.1, -0.05) is 61.9 Å². The molecule has 3 aromatic carbocycles. The number of ether oxygens (including phenoxy) is 2. The van der Waals surface area contributed by atoms with Crippen molar-refractivity contribution in [3.05, 3.63) is 90.0 Å². The van der Waals surface area contributed by atoms with Crippen LogP contribution in [-0.2, 0) is 6.54 Å². The van der Waals surface area contributed by atoms with Crippen LogP contribution in [0.25, 0.3) is 10.9 Å². The van der Waals surface area contributed by atoms with E-state index in [1.165, 1.54) is 5.56 Å². The maximum absolute atomic E-state index is 13.3. The van der Waals surface area contributed by atoms with E-state index >= 15 is 0 Å². The summed E-state index contributed by atoms with van der Waals surface area (Å²) in [4.78, 5) is 20.5. The maximum Gasteiger partial charge on any atom is 0.252 e. The predicted molar refractivity (Wildman–Crippen MR) is 158 cm³/mol. The standard InChI is InChI=1S/C32H38N4O3/c1-4-5-19-36(23-24-12-7-6-8-13-24)20-11-18-33-32(37)27-22-31(35-28-15-10-9-14-26(27)28)34-25-16-17-29(38-2)30(21-25)39-3/h6-10,12-17,21-22H,4-5,11,18-20,23H2,1-3H3,(H,33,37)(H,34,35). The molecule has 204 valence electrons. The summed E-state index contributed by atoms with van der Waals surface area (Å²) in [5, 5.41) is 7.26. The summed E-state index contributed by atoms with van der Waals surface area (Å²) in [6.45, 7) is 5.73. The van der Waals surface area contributed by atoms with E-state index in [9.17, 15) is 4.79 Å². The minimum absolute atomic E-state index is 0.105. The zero-order valence-electron chi connectivity index (χ0n) is 23.1. The zero-order chi connectivity index (χ0) is 27.5. The van der Waals surface area contributed by atoms with Crippen molar-refractivity contribution in [1.29, 1.82) is 0 Å². The lowest BCUT2D eigenvalue weighted by Gasteiger charge is -2.22. The average molecular weight is 527 g/mol. The SMILES string of the molecule is CCCCN(CCCNC(=O)c1cc(Nc2ccc(OC)c(OC)c2)nc2ccccc12)Cc1ccccc1. The van der Waals surface area contributed by atoms with Crippen LogP contribution in [0.3, 0.4) is 0 Å². The highest BCUT2D eigenvalue weighted by atomic mass is 16.5. The molecule has 0 radical (unpaired) electrons. The van der Waals surface area contributed by atoms with Crippen LogP contribution in [0.4, 0.5) is 11.5 Å². The normalized spacial score (nSPS) is 11.0. The van der Waals surface area contributed by atoms with Crippen molar-refractivity contribution < 1.29 is 14.3 Å². The van der Waals surface area contributed by atoms with Crippen LogP contribution >= 0.6 is 0 Å². The zero-order valence-corrected chi connectivity index (χ0v) is 23.1. The fraction of sp³-hybridized carbons (Fsp3) is 0.312. The number of methoxy groups -OCH3 is 2. The highest BCUT2D eigenvalue weighted by molar-refractivity contribution is 6.07. The maximum atomic E-state index is 13.3. The van der Waals surface area contributed by atoms with Gasteiger partial charge in [0, 0.05) is 36.8 Å². The number of hydrogen-bond acceptors (Lipinski definition) is 6. The second-order valence-electron chi connectivity index (χ2n) is 9.49. The fourth-order valence-electron chi connectivity index (χ4n) is 4.58. The Morgan fingerprint density at radius 2 is 1.62 bits per heavy atom. The molecule has 2 N–H and O–H groups in total. The highest BCUT2D eigenvalue weighted by Crippen LogP contribution is 2.31. The largest absolute Gasteiger partial charge is 0.493 e. The fourth-order valence-corrected chi connectivity index (χ4v) is 4.58. The Morgan fingerprint density at radius 1 is 0.872 bits per heavy atom. The van der Waals surface area contributed by atoms with Gasteiger partial charge in [0.1, 0.15) is 5.82 Å². The summed E-state index contributed by atoms with van der Waals surface area (Å²) in [6.07, 6.45) is 3.21. The molecule has 7 nitrogen and oxygen atoms in total. The van der Waals surface area contributed by atoms with Crippen molar-refractivity contribution in [2.45, 2.75) is 32.7 Å². The number of hydrogen-bond donors (Lipinski definition) is 2. The lowest BCUT2D eigenvalue weighted by atomic mass is 10.1. The minimum atomic E-state index is -0.105. The van der Waals surface area contributed by atoms with Gasteiger partial charge in [0.2, 0.25) is 0 Å². The quantitative estimate of drug-likeness (QED) is 0.185. The summed E-state index contributed by atoms with van der Waals surface area (Å²) in [5.74, 6) is 1.74. The number of nitrogens with one attached hydrogen (secondary N) is 2. The molecule has 39 heavy (non-hydrogen) atoms. The van der Waals surface area contributed by atoms with E-state index in [2.05, 4.69) is 46.7 Å². The summed E-state index contributed by atoms with van der Waals surface area (Å²) in [6, 6.07) is 25.6. The number of amides is 1. The number of unbranched alkanes of at least 4 members (excludes halogenated alkanes) is 1.